The Labute approximate surface area is 177 Å². The highest BCUT2D eigenvalue weighted by Gasteiger charge is 2.36. The number of hydrogen-bond donors (Lipinski definition) is 1. The molecule has 2 fully saturated rings. The van der Waals surface area contributed by atoms with E-state index in [0.717, 1.165) is 26.1 Å². The van der Waals surface area contributed by atoms with Crippen LogP contribution < -0.4 is 19.7 Å². The Hall–Kier alpha value is -1.99. The van der Waals surface area contributed by atoms with Gasteiger partial charge in [0.05, 0.1) is 30.8 Å². The summed E-state index contributed by atoms with van der Waals surface area (Å²) in [5.74, 6) is 0.406. The van der Waals surface area contributed by atoms with E-state index in [1.165, 1.54) is 33.5 Å². The largest absolute Gasteiger partial charge is 0.495 e. The Kier molecular flexibility index (Phi) is 7.61. The fourth-order valence-electron chi connectivity index (χ4n) is 4.01. The van der Waals surface area contributed by atoms with Crippen LogP contribution in [-0.2, 0) is 9.59 Å². The van der Waals surface area contributed by atoms with Gasteiger partial charge in [-0.25, -0.2) is 0 Å². The summed E-state index contributed by atoms with van der Waals surface area (Å²) in [6.45, 7) is 4.28. The summed E-state index contributed by atoms with van der Waals surface area (Å²) in [6.07, 6.45) is 4.98. The molecule has 2 amide bonds. The molecule has 7 nitrogen and oxygen atoms in total. The molecule has 29 heavy (non-hydrogen) atoms. The van der Waals surface area contributed by atoms with E-state index >= 15 is 0 Å². The lowest BCUT2D eigenvalue weighted by Gasteiger charge is -2.26. The van der Waals surface area contributed by atoms with E-state index in [0.29, 0.717) is 35.3 Å². The van der Waals surface area contributed by atoms with Gasteiger partial charge in [-0.1, -0.05) is 18.0 Å². The summed E-state index contributed by atoms with van der Waals surface area (Å²) in [4.78, 5) is 29.2. The molecule has 0 aromatic heterocycles. The molecule has 0 bridgehead atoms. The lowest BCUT2D eigenvalue weighted by molar-refractivity contribution is -0.126. The third-order valence-electron chi connectivity index (χ3n) is 5.64. The summed E-state index contributed by atoms with van der Waals surface area (Å²) >= 11 is 6.23. The molecule has 2 aliphatic heterocycles. The lowest BCUT2D eigenvalue weighted by Crippen LogP contribution is -2.36. The van der Waals surface area contributed by atoms with E-state index in [1.807, 2.05) is 0 Å². The molecule has 2 heterocycles. The zero-order valence-electron chi connectivity index (χ0n) is 17.2. The van der Waals surface area contributed by atoms with Gasteiger partial charge in [0, 0.05) is 25.6 Å². The number of amides is 2. The number of nitrogens with zero attached hydrogens (tertiary/aromatic N) is 2. The number of rotatable bonds is 8. The van der Waals surface area contributed by atoms with Crippen LogP contribution in [0.5, 0.6) is 11.5 Å². The molecule has 1 atom stereocenters. The third kappa shape index (κ3) is 5.34. The molecule has 2 aliphatic rings. The van der Waals surface area contributed by atoms with Crippen molar-refractivity contribution in [3.05, 3.63) is 17.2 Å². The Balaban J connectivity index is 1.54. The van der Waals surface area contributed by atoms with Crippen molar-refractivity contribution in [3.63, 3.8) is 0 Å². The normalized spacial score (nSPS) is 20.0. The summed E-state index contributed by atoms with van der Waals surface area (Å²) in [5, 5.41) is 3.38. The zero-order chi connectivity index (χ0) is 20.8. The Morgan fingerprint density at radius 3 is 2.59 bits per heavy atom. The van der Waals surface area contributed by atoms with Crippen molar-refractivity contribution in [1.82, 2.24) is 10.2 Å². The number of carbonyl (C=O) groups is 2. The fourth-order valence-corrected chi connectivity index (χ4v) is 4.25. The van der Waals surface area contributed by atoms with E-state index in [2.05, 4.69) is 10.2 Å². The number of benzene rings is 1. The first-order valence-electron chi connectivity index (χ1n) is 10.3. The van der Waals surface area contributed by atoms with Crippen molar-refractivity contribution in [2.45, 2.75) is 32.1 Å². The van der Waals surface area contributed by atoms with Gasteiger partial charge in [-0.05, 0) is 45.0 Å². The van der Waals surface area contributed by atoms with Gasteiger partial charge in [0.1, 0.15) is 11.5 Å². The maximum atomic E-state index is 12.6. The van der Waals surface area contributed by atoms with E-state index in [1.54, 1.807) is 17.0 Å². The number of nitrogens with one attached hydrogen (secondary N) is 1. The number of likely N-dealkylation sites (tertiary alicyclic amines) is 1. The van der Waals surface area contributed by atoms with E-state index < -0.39 is 0 Å². The molecule has 0 saturated carbocycles. The highest BCUT2D eigenvalue weighted by molar-refractivity contribution is 6.32. The molecule has 3 rings (SSSR count). The molecule has 1 unspecified atom stereocenters. The van der Waals surface area contributed by atoms with Gasteiger partial charge in [-0.15, -0.1) is 0 Å². The van der Waals surface area contributed by atoms with Crippen LogP contribution in [0.4, 0.5) is 5.69 Å². The zero-order valence-corrected chi connectivity index (χ0v) is 18.0. The third-order valence-corrected chi connectivity index (χ3v) is 5.93. The molecular formula is C21H30ClN3O4. The number of ether oxygens (including phenoxy) is 2. The number of halogens is 1. The predicted octanol–water partition coefficient (Wildman–Crippen LogP) is 2.70. The molecule has 0 aliphatic carbocycles. The predicted molar refractivity (Wildman–Crippen MR) is 113 cm³/mol. The smallest absolute Gasteiger partial charge is 0.227 e. The Bertz CT molecular complexity index is 737. The summed E-state index contributed by atoms with van der Waals surface area (Å²) in [5.41, 5.74) is 0.559. The van der Waals surface area contributed by atoms with E-state index in [-0.39, 0.29) is 24.2 Å². The van der Waals surface area contributed by atoms with Gasteiger partial charge in [0.15, 0.2) is 0 Å². The van der Waals surface area contributed by atoms with Gasteiger partial charge in [0.25, 0.3) is 0 Å². The minimum Gasteiger partial charge on any atom is -0.495 e. The first-order chi connectivity index (χ1) is 14.0. The molecule has 0 spiro atoms. The van der Waals surface area contributed by atoms with E-state index in [4.69, 9.17) is 21.1 Å². The Morgan fingerprint density at radius 2 is 1.90 bits per heavy atom. The average Bonchev–Trinajstić information content (AvgIpc) is 3.13. The average molecular weight is 424 g/mol. The second-order valence-corrected chi connectivity index (χ2v) is 8.02. The Morgan fingerprint density at radius 1 is 1.17 bits per heavy atom. The molecule has 1 aromatic carbocycles. The fraction of sp³-hybridized carbons (Fsp3) is 0.619. The summed E-state index contributed by atoms with van der Waals surface area (Å²) in [7, 11) is 3.05. The van der Waals surface area contributed by atoms with E-state index in [9.17, 15) is 9.59 Å². The minimum absolute atomic E-state index is 0.0712. The monoisotopic (exact) mass is 423 g/mol. The second kappa shape index (κ2) is 10.2. The number of piperidine rings is 1. The molecule has 2 saturated heterocycles. The molecule has 0 radical (unpaired) electrons. The van der Waals surface area contributed by atoms with Gasteiger partial charge >= 0.3 is 0 Å². The van der Waals surface area contributed by atoms with Crippen molar-refractivity contribution in [1.29, 1.82) is 0 Å². The quantitative estimate of drug-likeness (QED) is 0.651. The summed E-state index contributed by atoms with van der Waals surface area (Å²) in [6, 6.07) is 3.30. The van der Waals surface area contributed by atoms with Gasteiger partial charge in [-0.2, -0.15) is 0 Å². The van der Waals surface area contributed by atoms with Crippen molar-refractivity contribution in [3.8, 4) is 11.5 Å². The van der Waals surface area contributed by atoms with Crippen LogP contribution in [0.2, 0.25) is 5.02 Å². The van der Waals surface area contributed by atoms with Crippen LogP contribution in [-0.4, -0.2) is 63.7 Å². The lowest BCUT2D eigenvalue weighted by atomic mass is 10.1. The van der Waals surface area contributed by atoms with Crippen LogP contribution in [0.25, 0.3) is 0 Å². The minimum atomic E-state index is -0.372. The molecule has 1 N–H and O–H groups in total. The number of hydrogen-bond acceptors (Lipinski definition) is 5. The molecule has 1 aromatic rings. The van der Waals surface area contributed by atoms with Gasteiger partial charge < -0.3 is 24.6 Å². The maximum absolute atomic E-state index is 12.6. The van der Waals surface area contributed by atoms with Crippen LogP contribution >= 0.6 is 11.6 Å². The highest BCUT2D eigenvalue weighted by Crippen LogP contribution is 2.40. The molecule has 8 heteroatoms. The van der Waals surface area contributed by atoms with Crippen molar-refractivity contribution >= 4 is 29.1 Å². The number of carbonyl (C=O) groups excluding carboxylic acids is 2. The SMILES string of the molecule is COc1cc(OC)c(N2CC(C(=O)NCCCN3CCCCC3)CC2=O)cc1Cl. The summed E-state index contributed by atoms with van der Waals surface area (Å²) < 4.78 is 10.6. The van der Waals surface area contributed by atoms with Crippen molar-refractivity contribution in [2.75, 3.05) is 51.8 Å². The first-order valence-corrected chi connectivity index (χ1v) is 10.6. The van der Waals surface area contributed by atoms with Gasteiger partial charge in [0.2, 0.25) is 11.8 Å². The maximum Gasteiger partial charge on any atom is 0.227 e. The van der Waals surface area contributed by atoms with Gasteiger partial charge in [-0.3, -0.25) is 9.59 Å². The second-order valence-electron chi connectivity index (χ2n) is 7.61. The highest BCUT2D eigenvalue weighted by atomic mass is 35.5. The topological polar surface area (TPSA) is 71.1 Å². The van der Waals surface area contributed by atoms with Crippen molar-refractivity contribution in [2.24, 2.45) is 5.92 Å². The molecule has 160 valence electrons. The number of methoxy groups -OCH3 is 2. The standard InChI is InChI=1S/C21H30ClN3O4/c1-28-18-13-19(29-2)17(12-16(18)22)25-14-15(11-20(25)26)21(27)23-7-6-10-24-8-4-3-5-9-24/h12-13,15H,3-11,14H2,1-2H3,(H,23,27). The van der Waals surface area contributed by atoms with Crippen LogP contribution in [0, 0.1) is 5.92 Å². The van der Waals surface area contributed by atoms with Crippen LogP contribution in [0.3, 0.4) is 0 Å². The van der Waals surface area contributed by atoms with Crippen LogP contribution in [0.15, 0.2) is 12.1 Å². The number of anilines is 1. The van der Waals surface area contributed by atoms with Crippen molar-refractivity contribution < 1.29 is 19.1 Å². The van der Waals surface area contributed by atoms with Crippen LogP contribution in [0.1, 0.15) is 32.1 Å². The first kappa shape index (κ1) is 21.7. The molecular weight excluding hydrogens is 394 g/mol.